The fourth-order valence-corrected chi connectivity index (χ4v) is 2.96. The van der Waals surface area contributed by atoms with E-state index in [2.05, 4.69) is 51.6 Å². The molecule has 0 saturated heterocycles. The standard InChI is InChI=1S/C15H24OS/c1-4-7-9-15(6-3)10-8-12(5-2)11-13(15)14(16)17/h8,10-11,13H,4-7,9H2,1-3H3,(H,16,17). The molecule has 0 aliphatic heterocycles. The third kappa shape index (κ3) is 3.25. The van der Waals surface area contributed by atoms with Crippen LogP contribution in [-0.2, 0) is 4.79 Å². The van der Waals surface area contributed by atoms with Crippen molar-refractivity contribution in [2.24, 2.45) is 11.3 Å². The summed E-state index contributed by atoms with van der Waals surface area (Å²) in [5, 5.41) is 0.0123. The molecule has 0 radical (unpaired) electrons. The highest BCUT2D eigenvalue weighted by Crippen LogP contribution is 2.44. The second-order valence-corrected chi connectivity index (χ2v) is 5.38. The predicted molar refractivity (Wildman–Crippen MR) is 77.2 cm³/mol. The van der Waals surface area contributed by atoms with Gasteiger partial charge in [-0.3, -0.25) is 4.79 Å². The lowest BCUT2D eigenvalue weighted by atomic mass is 9.67. The van der Waals surface area contributed by atoms with Gasteiger partial charge < -0.3 is 0 Å². The lowest BCUT2D eigenvalue weighted by molar-refractivity contribution is -0.115. The number of hydrogen-bond acceptors (Lipinski definition) is 1. The first-order valence-electron chi connectivity index (χ1n) is 6.72. The molecule has 0 bridgehead atoms. The van der Waals surface area contributed by atoms with Crippen LogP contribution >= 0.6 is 12.6 Å². The van der Waals surface area contributed by atoms with E-state index < -0.39 is 0 Å². The van der Waals surface area contributed by atoms with E-state index in [9.17, 15) is 4.79 Å². The Morgan fingerprint density at radius 3 is 2.59 bits per heavy atom. The van der Waals surface area contributed by atoms with Gasteiger partial charge in [0.15, 0.2) is 5.12 Å². The largest absolute Gasteiger partial charge is 0.287 e. The molecule has 0 fully saturated rings. The van der Waals surface area contributed by atoms with Crippen molar-refractivity contribution in [2.45, 2.75) is 52.9 Å². The van der Waals surface area contributed by atoms with Gasteiger partial charge in [-0.2, -0.15) is 0 Å². The number of hydrogen-bond donors (Lipinski definition) is 1. The van der Waals surface area contributed by atoms with Crippen molar-refractivity contribution >= 4 is 17.7 Å². The third-order valence-corrected chi connectivity index (χ3v) is 4.24. The molecule has 96 valence electrons. The Morgan fingerprint density at radius 1 is 1.41 bits per heavy atom. The molecular formula is C15H24OS. The van der Waals surface area contributed by atoms with Gasteiger partial charge in [0.05, 0.1) is 5.92 Å². The minimum absolute atomic E-state index is 0.00745. The number of carbonyl (C=O) groups is 1. The van der Waals surface area contributed by atoms with E-state index in [4.69, 9.17) is 0 Å². The molecule has 0 amide bonds. The van der Waals surface area contributed by atoms with E-state index in [-0.39, 0.29) is 16.4 Å². The number of carbonyl (C=O) groups excluding carboxylic acids is 1. The minimum Gasteiger partial charge on any atom is -0.287 e. The Labute approximate surface area is 111 Å². The van der Waals surface area contributed by atoms with Gasteiger partial charge in [0.1, 0.15) is 0 Å². The summed E-state index contributed by atoms with van der Waals surface area (Å²) < 4.78 is 0. The van der Waals surface area contributed by atoms with Crippen molar-refractivity contribution in [3.63, 3.8) is 0 Å². The topological polar surface area (TPSA) is 17.1 Å². The fourth-order valence-electron chi connectivity index (χ4n) is 2.62. The van der Waals surface area contributed by atoms with Crippen LogP contribution in [0.4, 0.5) is 0 Å². The van der Waals surface area contributed by atoms with Crippen LogP contribution in [-0.4, -0.2) is 5.12 Å². The van der Waals surface area contributed by atoms with Crippen molar-refractivity contribution in [2.75, 3.05) is 0 Å². The summed E-state index contributed by atoms with van der Waals surface area (Å²) in [5.74, 6) is -0.0395. The van der Waals surface area contributed by atoms with Crippen LogP contribution in [0.3, 0.4) is 0 Å². The molecule has 2 atom stereocenters. The maximum absolute atomic E-state index is 11.8. The Kier molecular flexibility index (Phi) is 5.51. The van der Waals surface area contributed by atoms with Gasteiger partial charge in [-0.15, -0.1) is 12.6 Å². The SMILES string of the molecule is CCCCC1(CC)C=CC(CC)=CC1C(=O)S. The van der Waals surface area contributed by atoms with Gasteiger partial charge in [-0.25, -0.2) is 0 Å². The van der Waals surface area contributed by atoms with Crippen molar-refractivity contribution in [1.29, 1.82) is 0 Å². The van der Waals surface area contributed by atoms with E-state index in [0.29, 0.717) is 0 Å². The number of allylic oxidation sites excluding steroid dienone is 4. The molecule has 1 aliphatic rings. The van der Waals surface area contributed by atoms with Crippen LogP contribution in [0, 0.1) is 11.3 Å². The lowest BCUT2D eigenvalue weighted by Gasteiger charge is -2.37. The number of unbranched alkanes of at least 4 members (excludes halogenated alkanes) is 1. The quantitative estimate of drug-likeness (QED) is 0.686. The molecule has 2 unspecified atom stereocenters. The van der Waals surface area contributed by atoms with Crippen LogP contribution < -0.4 is 0 Å². The van der Waals surface area contributed by atoms with Gasteiger partial charge in [0, 0.05) is 5.41 Å². The maximum atomic E-state index is 11.8. The average molecular weight is 252 g/mol. The molecule has 0 saturated carbocycles. The highest BCUT2D eigenvalue weighted by atomic mass is 32.1. The van der Waals surface area contributed by atoms with Crippen LogP contribution in [0.2, 0.25) is 0 Å². The van der Waals surface area contributed by atoms with Gasteiger partial charge in [0.2, 0.25) is 0 Å². The predicted octanol–water partition coefficient (Wildman–Crippen LogP) is 4.55. The van der Waals surface area contributed by atoms with Crippen LogP contribution in [0.15, 0.2) is 23.8 Å². The molecule has 0 heterocycles. The Bertz CT molecular complexity index is 330. The summed E-state index contributed by atoms with van der Waals surface area (Å²) in [4.78, 5) is 11.8. The number of thiol groups is 1. The van der Waals surface area contributed by atoms with Gasteiger partial charge in [-0.1, -0.05) is 57.4 Å². The van der Waals surface area contributed by atoms with Crippen molar-refractivity contribution in [1.82, 2.24) is 0 Å². The van der Waals surface area contributed by atoms with Gasteiger partial charge in [0.25, 0.3) is 0 Å². The van der Waals surface area contributed by atoms with E-state index in [1.54, 1.807) is 0 Å². The highest BCUT2D eigenvalue weighted by molar-refractivity contribution is 7.96. The van der Waals surface area contributed by atoms with Crippen LogP contribution in [0.5, 0.6) is 0 Å². The van der Waals surface area contributed by atoms with Crippen LogP contribution in [0.1, 0.15) is 52.9 Å². The van der Waals surface area contributed by atoms with Crippen LogP contribution in [0.25, 0.3) is 0 Å². The first-order chi connectivity index (χ1) is 8.09. The van der Waals surface area contributed by atoms with E-state index in [1.807, 2.05) is 0 Å². The fraction of sp³-hybridized carbons (Fsp3) is 0.667. The average Bonchev–Trinajstić information content (AvgIpc) is 2.36. The summed E-state index contributed by atoms with van der Waals surface area (Å²) in [6.45, 7) is 6.50. The molecule has 0 spiro atoms. The molecule has 0 N–H and O–H groups in total. The summed E-state index contributed by atoms with van der Waals surface area (Å²) >= 11 is 4.09. The second kappa shape index (κ2) is 6.44. The van der Waals surface area contributed by atoms with Gasteiger partial charge in [-0.05, 0) is 19.3 Å². The summed E-state index contributed by atoms with van der Waals surface area (Å²) in [5.41, 5.74) is 1.27. The molecule has 1 aliphatic carbocycles. The first kappa shape index (κ1) is 14.6. The van der Waals surface area contributed by atoms with E-state index in [1.165, 1.54) is 18.4 Å². The van der Waals surface area contributed by atoms with E-state index in [0.717, 1.165) is 19.3 Å². The number of rotatable bonds is 6. The maximum Gasteiger partial charge on any atom is 0.193 e. The molecule has 1 rings (SSSR count). The third-order valence-electron chi connectivity index (χ3n) is 3.96. The Hall–Kier alpha value is -0.500. The Balaban J connectivity index is 2.99. The first-order valence-corrected chi connectivity index (χ1v) is 7.17. The summed E-state index contributed by atoms with van der Waals surface area (Å²) in [6.07, 6.45) is 12.0. The highest BCUT2D eigenvalue weighted by Gasteiger charge is 2.38. The summed E-state index contributed by atoms with van der Waals surface area (Å²) in [6, 6.07) is 0. The van der Waals surface area contributed by atoms with Gasteiger partial charge >= 0.3 is 0 Å². The van der Waals surface area contributed by atoms with E-state index >= 15 is 0 Å². The normalized spacial score (nSPS) is 28.0. The van der Waals surface area contributed by atoms with Crippen molar-refractivity contribution in [3.05, 3.63) is 23.8 Å². The molecule has 1 nitrogen and oxygen atoms in total. The minimum atomic E-state index is -0.0395. The monoisotopic (exact) mass is 252 g/mol. The zero-order chi connectivity index (χ0) is 12.9. The zero-order valence-corrected chi connectivity index (χ0v) is 12.1. The molecule has 0 aromatic heterocycles. The smallest absolute Gasteiger partial charge is 0.193 e. The van der Waals surface area contributed by atoms with Crippen molar-refractivity contribution < 1.29 is 4.79 Å². The van der Waals surface area contributed by atoms with Crippen molar-refractivity contribution in [3.8, 4) is 0 Å². The summed E-state index contributed by atoms with van der Waals surface area (Å²) in [7, 11) is 0. The molecule has 2 heteroatoms. The lowest BCUT2D eigenvalue weighted by Crippen LogP contribution is -2.33. The molecule has 0 aromatic carbocycles. The molecule has 0 aromatic rings. The zero-order valence-electron chi connectivity index (χ0n) is 11.2. The Morgan fingerprint density at radius 2 is 2.12 bits per heavy atom. The molecule has 17 heavy (non-hydrogen) atoms. The second-order valence-electron chi connectivity index (χ2n) is 4.93. The molecular weight excluding hydrogens is 228 g/mol.